The largest absolute Gasteiger partial charge is 0.469 e. The van der Waals surface area contributed by atoms with Crippen LogP contribution < -0.4 is 0 Å². The Balaban J connectivity index is 3.00. The summed E-state index contributed by atoms with van der Waals surface area (Å²) in [5.41, 5.74) is -0.901. The predicted molar refractivity (Wildman–Crippen MR) is 59.1 cm³/mol. The van der Waals surface area contributed by atoms with E-state index in [1.165, 1.54) is 14.2 Å². The molecule has 92 valence electrons. The maximum Gasteiger partial charge on any atom is 0.313 e. The van der Waals surface area contributed by atoms with Gasteiger partial charge >= 0.3 is 11.9 Å². The summed E-state index contributed by atoms with van der Waals surface area (Å²) in [4.78, 5) is 23.5. The molecule has 0 bridgehead atoms. The first kappa shape index (κ1) is 13.3. The Labute approximate surface area is 100 Å². The summed E-state index contributed by atoms with van der Waals surface area (Å²) in [5, 5.41) is 0. The number of alkyl halides is 1. The first-order valence-corrected chi connectivity index (χ1v) is 5.88. The van der Waals surface area contributed by atoms with Crippen LogP contribution in [0.25, 0.3) is 0 Å². The number of methoxy groups -OCH3 is 2. The molecule has 5 heteroatoms. The maximum atomic E-state index is 11.8. The molecule has 0 spiro atoms. The van der Waals surface area contributed by atoms with Gasteiger partial charge in [-0.25, -0.2) is 0 Å². The molecule has 2 unspecified atom stereocenters. The first-order chi connectivity index (χ1) is 7.62. The number of hydrogen-bond donors (Lipinski definition) is 0. The van der Waals surface area contributed by atoms with E-state index in [9.17, 15) is 9.59 Å². The third-order valence-electron chi connectivity index (χ3n) is 3.35. The van der Waals surface area contributed by atoms with Crippen LogP contribution in [0.5, 0.6) is 0 Å². The molecule has 2 atom stereocenters. The Morgan fingerprint density at radius 2 is 2.00 bits per heavy atom. The summed E-state index contributed by atoms with van der Waals surface area (Å²) in [6.45, 7) is 0. The van der Waals surface area contributed by atoms with Crippen molar-refractivity contribution in [2.45, 2.75) is 25.7 Å². The van der Waals surface area contributed by atoms with Gasteiger partial charge in [-0.3, -0.25) is 9.59 Å². The molecule has 0 aromatic heterocycles. The smallest absolute Gasteiger partial charge is 0.313 e. The summed E-state index contributed by atoms with van der Waals surface area (Å²) in [5.74, 6) is -1.15. The van der Waals surface area contributed by atoms with Gasteiger partial charge < -0.3 is 9.47 Å². The van der Waals surface area contributed by atoms with Crippen LogP contribution in [0.2, 0.25) is 0 Å². The Morgan fingerprint density at radius 3 is 2.50 bits per heavy atom. The number of rotatable bonds is 3. The van der Waals surface area contributed by atoms with Crippen molar-refractivity contribution in [2.24, 2.45) is 11.3 Å². The fraction of sp³-hybridized carbons (Fsp3) is 0.818. The molecule has 1 aliphatic carbocycles. The van der Waals surface area contributed by atoms with Gasteiger partial charge in [0.25, 0.3) is 0 Å². The lowest BCUT2D eigenvalue weighted by molar-refractivity contribution is -0.168. The second kappa shape index (κ2) is 5.53. The van der Waals surface area contributed by atoms with E-state index >= 15 is 0 Å². The van der Waals surface area contributed by atoms with Gasteiger partial charge in [-0.2, -0.15) is 0 Å². The van der Waals surface area contributed by atoms with E-state index in [1.54, 1.807) is 0 Å². The highest BCUT2D eigenvalue weighted by atomic mass is 35.5. The summed E-state index contributed by atoms with van der Waals surface area (Å²) < 4.78 is 9.51. The van der Waals surface area contributed by atoms with Crippen molar-refractivity contribution in [1.82, 2.24) is 0 Å². The Bertz CT molecular complexity index is 279. The van der Waals surface area contributed by atoms with Crippen molar-refractivity contribution >= 4 is 23.5 Å². The fourth-order valence-corrected chi connectivity index (χ4v) is 2.82. The van der Waals surface area contributed by atoms with Crippen molar-refractivity contribution in [3.8, 4) is 0 Å². The van der Waals surface area contributed by atoms with Crippen molar-refractivity contribution in [3.05, 3.63) is 0 Å². The highest BCUT2D eigenvalue weighted by Gasteiger charge is 2.51. The fourth-order valence-electron chi connectivity index (χ4n) is 2.39. The van der Waals surface area contributed by atoms with E-state index in [1.807, 2.05) is 0 Å². The molecule has 0 N–H and O–H groups in total. The number of carbonyl (C=O) groups excluding carboxylic acids is 2. The topological polar surface area (TPSA) is 52.6 Å². The number of hydrogen-bond acceptors (Lipinski definition) is 4. The van der Waals surface area contributed by atoms with Crippen molar-refractivity contribution in [3.63, 3.8) is 0 Å². The zero-order chi connectivity index (χ0) is 12.2. The summed E-state index contributed by atoms with van der Waals surface area (Å²) in [6, 6.07) is 0. The van der Waals surface area contributed by atoms with Crippen molar-refractivity contribution in [2.75, 3.05) is 20.1 Å². The van der Waals surface area contributed by atoms with Gasteiger partial charge in [-0.1, -0.05) is 12.8 Å². The molecular weight excluding hydrogens is 232 g/mol. The van der Waals surface area contributed by atoms with Crippen LogP contribution >= 0.6 is 11.6 Å². The Morgan fingerprint density at radius 1 is 1.31 bits per heavy atom. The molecule has 1 fully saturated rings. The van der Waals surface area contributed by atoms with E-state index in [0.29, 0.717) is 12.8 Å². The number of esters is 2. The molecule has 0 aromatic rings. The van der Waals surface area contributed by atoms with Gasteiger partial charge in [0.1, 0.15) is 0 Å². The van der Waals surface area contributed by atoms with Crippen LogP contribution in [-0.4, -0.2) is 32.0 Å². The van der Waals surface area contributed by atoms with Gasteiger partial charge in [0.2, 0.25) is 0 Å². The average Bonchev–Trinajstić information content (AvgIpc) is 2.36. The average molecular weight is 249 g/mol. The molecule has 0 heterocycles. The molecule has 0 saturated heterocycles. The number of halogens is 1. The summed E-state index contributed by atoms with van der Waals surface area (Å²) in [7, 11) is 2.65. The van der Waals surface area contributed by atoms with Gasteiger partial charge in [0, 0.05) is 5.88 Å². The minimum Gasteiger partial charge on any atom is -0.469 e. The third-order valence-corrected chi connectivity index (χ3v) is 3.83. The zero-order valence-electron chi connectivity index (χ0n) is 9.62. The second-order valence-corrected chi connectivity index (χ2v) is 4.37. The van der Waals surface area contributed by atoms with E-state index in [0.717, 1.165) is 12.8 Å². The van der Waals surface area contributed by atoms with E-state index in [-0.39, 0.29) is 11.8 Å². The van der Waals surface area contributed by atoms with Crippen LogP contribution in [0.4, 0.5) is 0 Å². The lowest BCUT2D eigenvalue weighted by Gasteiger charge is -2.38. The minimum absolute atomic E-state index is 0.0967. The highest BCUT2D eigenvalue weighted by Crippen LogP contribution is 2.43. The SMILES string of the molecule is COC(=O)C1CCCCC1(CCl)C(=O)OC. The van der Waals surface area contributed by atoms with Crippen LogP contribution in [0.3, 0.4) is 0 Å². The van der Waals surface area contributed by atoms with Gasteiger partial charge in [0.15, 0.2) is 0 Å². The van der Waals surface area contributed by atoms with E-state index < -0.39 is 17.3 Å². The van der Waals surface area contributed by atoms with Crippen LogP contribution in [0, 0.1) is 11.3 Å². The van der Waals surface area contributed by atoms with E-state index in [4.69, 9.17) is 21.1 Å². The standard InChI is InChI=1S/C11H17ClO4/c1-15-9(13)8-5-3-4-6-11(8,7-12)10(14)16-2/h8H,3-7H2,1-2H3. The Kier molecular flexibility index (Phi) is 4.59. The molecule has 1 saturated carbocycles. The molecule has 4 nitrogen and oxygen atoms in total. The summed E-state index contributed by atoms with van der Waals surface area (Å²) >= 11 is 5.90. The molecule has 1 aliphatic rings. The summed E-state index contributed by atoms with van der Waals surface area (Å²) in [6.07, 6.45) is 3.02. The van der Waals surface area contributed by atoms with Crippen LogP contribution in [0.1, 0.15) is 25.7 Å². The molecule has 0 aromatic carbocycles. The van der Waals surface area contributed by atoms with Crippen molar-refractivity contribution in [1.29, 1.82) is 0 Å². The molecule has 16 heavy (non-hydrogen) atoms. The molecule has 0 aliphatic heterocycles. The number of ether oxygens (including phenoxy) is 2. The lowest BCUT2D eigenvalue weighted by atomic mass is 9.67. The van der Waals surface area contributed by atoms with Crippen LogP contribution in [0.15, 0.2) is 0 Å². The van der Waals surface area contributed by atoms with Gasteiger partial charge in [-0.15, -0.1) is 11.6 Å². The first-order valence-electron chi connectivity index (χ1n) is 5.34. The molecule has 0 radical (unpaired) electrons. The minimum atomic E-state index is -0.901. The molecular formula is C11H17ClO4. The van der Waals surface area contributed by atoms with Crippen molar-refractivity contribution < 1.29 is 19.1 Å². The third kappa shape index (κ3) is 2.17. The number of carbonyl (C=O) groups is 2. The van der Waals surface area contributed by atoms with Crippen LogP contribution in [-0.2, 0) is 19.1 Å². The second-order valence-electron chi connectivity index (χ2n) is 4.10. The highest BCUT2D eigenvalue weighted by molar-refractivity contribution is 6.20. The molecule has 0 amide bonds. The normalized spacial score (nSPS) is 29.6. The monoisotopic (exact) mass is 248 g/mol. The zero-order valence-corrected chi connectivity index (χ0v) is 10.4. The van der Waals surface area contributed by atoms with Gasteiger partial charge in [-0.05, 0) is 12.8 Å². The lowest BCUT2D eigenvalue weighted by Crippen LogP contribution is -2.47. The van der Waals surface area contributed by atoms with Gasteiger partial charge in [0.05, 0.1) is 25.6 Å². The maximum absolute atomic E-state index is 11.8. The Hall–Kier alpha value is -0.770. The quantitative estimate of drug-likeness (QED) is 0.564. The molecule has 1 rings (SSSR count). The van der Waals surface area contributed by atoms with E-state index in [2.05, 4.69) is 0 Å². The predicted octanol–water partition coefficient (Wildman–Crippen LogP) is 1.75.